The average Bonchev–Trinajstić information content (AvgIpc) is 4.03. The van der Waals surface area contributed by atoms with Crippen molar-refractivity contribution in [3.63, 3.8) is 0 Å². The van der Waals surface area contributed by atoms with Crippen LogP contribution in [0.5, 0.6) is 11.5 Å². The van der Waals surface area contributed by atoms with E-state index in [-0.39, 0.29) is 28.1 Å². The number of H-pyrrole nitrogens is 1. The number of ether oxygens (including phenoxy) is 1. The highest BCUT2D eigenvalue weighted by atomic mass is 32.2. The molecule has 1 unspecified atom stereocenters. The second-order valence-electron chi connectivity index (χ2n) is 17.9. The monoisotopic (exact) mass is 873 g/mol. The Kier molecular flexibility index (Phi) is 13.2. The molecule has 4 heterocycles. The first-order valence-electron chi connectivity index (χ1n) is 22.5. The Labute approximate surface area is 370 Å². The van der Waals surface area contributed by atoms with Crippen LogP contribution < -0.4 is 19.7 Å². The molecular formula is C49H59N7O6S. The summed E-state index contributed by atoms with van der Waals surface area (Å²) in [6, 6.07) is 21.5. The number of hydrogen-bond donors (Lipinski definition) is 3. The van der Waals surface area contributed by atoms with Crippen LogP contribution in [0.4, 0.5) is 17.1 Å². The predicted octanol–water partition coefficient (Wildman–Crippen LogP) is 10.2. The number of fused-ring (bicyclic) bond motifs is 1. The van der Waals surface area contributed by atoms with Crippen LogP contribution in [0.2, 0.25) is 0 Å². The zero-order valence-corrected chi connectivity index (χ0v) is 37.4. The molecule has 0 radical (unpaired) electrons. The number of nitrogens with zero attached hydrogens (tertiary/aromatic N) is 4. The Balaban J connectivity index is 1.01. The summed E-state index contributed by atoms with van der Waals surface area (Å²) in [5.74, 6) is -0.0528. The van der Waals surface area contributed by atoms with Crippen molar-refractivity contribution in [1.82, 2.24) is 19.6 Å². The highest BCUT2D eigenvalue weighted by molar-refractivity contribution is 7.90. The van der Waals surface area contributed by atoms with Crippen molar-refractivity contribution < 1.29 is 22.9 Å². The summed E-state index contributed by atoms with van der Waals surface area (Å²) < 4.78 is 36.0. The fourth-order valence-corrected chi connectivity index (χ4v) is 10.9. The van der Waals surface area contributed by atoms with Gasteiger partial charge in [-0.2, -0.15) is 0 Å². The number of benzene rings is 3. The molecule has 2 saturated heterocycles. The summed E-state index contributed by atoms with van der Waals surface area (Å²) in [5, 5.41) is 16.1. The molecule has 8 rings (SSSR count). The first kappa shape index (κ1) is 43.9. The smallest absolute Gasteiger partial charge is 0.293 e. The van der Waals surface area contributed by atoms with Gasteiger partial charge in [-0.25, -0.2) is 18.1 Å². The molecule has 5 aromatic rings. The largest absolute Gasteiger partial charge is 0.455 e. The van der Waals surface area contributed by atoms with Crippen LogP contribution in [0.15, 0.2) is 95.7 Å². The molecular weight excluding hydrogens is 815 g/mol. The number of rotatable bonds is 17. The molecule has 2 fully saturated rings. The molecule has 63 heavy (non-hydrogen) atoms. The van der Waals surface area contributed by atoms with Crippen LogP contribution in [-0.2, 0) is 10.0 Å². The molecule has 0 saturated carbocycles. The van der Waals surface area contributed by atoms with E-state index in [0.717, 1.165) is 101 Å². The predicted molar refractivity (Wildman–Crippen MR) is 249 cm³/mol. The number of allylic oxidation sites excluding steroid dienone is 1. The molecule has 2 aromatic heterocycles. The number of aromatic nitrogens is 2. The molecule has 1 atom stereocenters. The minimum absolute atomic E-state index is 0.00624. The van der Waals surface area contributed by atoms with E-state index in [0.29, 0.717) is 23.9 Å². The van der Waals surface area contributed by atoms with E-state index in [4.69, 9.17) is 4.74 Å². The second-order valence-corrected chi connectivity index (χ2v) is 19.5. The van der Waals surface area contributed by atoms with Crippen LogP contribution >= 0.6 is 0 Å². The first-order valence-corrected chi connectivity index (χ1v) is 24.0. The number of nitro groups is 1. The van der Waals surface area contributed by atoms with E-state index in [1.807, 2.05) is 12.1 Å². The highest BCUT2D eigenvalue weighted by Crippen LogP contribution is 2.44. The van der Waals surface area contributed by atoms with Gasteiger partial charge in [0.2, 0.25) is 0 Å². The number of amides is 1. The zero-order chi connectivity index (χ0) is 44.1. The third-order valence-corrected chi connectivity index (χ3v) is 14.5. The lowest BCUT2D eigenvalue weighted by Gasteiger charge is -2.28. The Morgan fingerprint density at radius 3 is 2.52 bits per heavy atom. The number of anilines is 2. The van der Waals surface area contributed by atoms with Gasteiger partial charge in [0.15, 0.2) is 0 Å². The van der Waals surface area contributed by atoms with Crippen molar-refractivity contribution in [3.05, 3.63) is 118 Å². The number of hydrogen-bond acceptors (Lipinski definition) is 10. The van der Waals surface area contributed by atoms with Crippen molar-refractivity contribution in [2.75, 3.05) is 49.5 Å². The number of pyridine rings is 1. The third-order valence-electron chi connectivity index (χ3n) is 13.2. The fourth-order valence-electron chi connectivity index (χ4n) is 9.88. The van der Waals surface area contributed by atoms with E-state index >= 15 is 0 Å². The average molecular weight is 874 g/mol. The molecule has 1 amide bonds. The lowest BCUT2D eigenvalue weighted by atomic mass is 9.86. The summed E-state index contributed by atoms with van der Waals surface area (Å²) in [6.45, 7) is 11.6. The molecule has 13 nitrogen and oxygen atoms in total. The lowest BCUT2D eigenvalue weighted by molar-refractivity contribution is -0.384. The molecule has 3 N–H and O–H groups in total. The van der Waals surface area contributed by atoms with Gasteiger partial charge in [0.1, 0.15) is 22.8 Å². The van der Waals surface area contributed by atoms with Crippen molar-refractivity contribution in [2.45, 2.75) is 89.9 Å². The second kappa shape index (κ2) is 18.9. The van der Waals surface area contributed by atoms with Gasteiger partial charge in [-0.1, -0.05) is 62.1 Å². The van der Waals surface area contributed by atoms with Gasteiger partial charge in [0.25, 0.3) is 21.6 Å². The van der Waals surface area contributed by atoms with Gasteiger partial charge in [0, 0.05) is 67.5 Å². The standard InChI is InChI=1S/C49H59N7O6S/c1-4-8-35(9-5-2)29-51-44-19-17-41(28-45(44)56(58)59)63(60,61)53-48(57)43-18-16-39(27-46(43)62-40-26-37-20-23-50-47(37)52-30-40)55-25-22-49(33-55)21-24-54(32-49)31-38-10-6-7-11-42(38)36-14-12-34(3)13-15-36/h12-20,23,26-28,30,35,51H,4-11,21-22,24-25,29,31-33H2,1-3H3,(H,50,52)(H,53,57). The Morgan fingerprint density at radius 1 is 0.968 bits per heavy atom. The van der Waals surface area contributed by atoms with E-state index in [2.05, 4.69) is 74.8 Å². The van der Waals surface area contributed by atoms with Gasteiger partial charge >= 0.3 is 0 Å². The van der Waals surface area contributed by atoms with E-state index in [9.17, 15) is 23.3 Å². The number of likely N-dealkylation sites (tertiary alicyclic amines) is 1. The summed E-state index contributed by atoms with van der Waals surface area (Å²) in [5.41, 5.74) is 7.25. The van der Waals surface area contributed by atoms with Crippen LogP contribution in [0, 0.1) is 28.4 Å². The van der Waals surface area contributed by atoms with E-state index in [1.165, 1.54) is 41.7 Å². The van der Waals surface area contributed by atoms with Crippen molar-refractivity contribution in [2.24, 2.45) is 11.3 Å². The number of carbonyl (C=O) groups excluding carboxylic acids is 1. The van der Waals surface area contributed by atoms with E-state index < -0.39 is 25.7 Å². The van der Waals surface area contributed by atoms with Gasteiger partial charge in [-0.15, -0.1) is 0 Å². The Morgan fingerprint density at radius 2 is 1.75 bits per heavy atom. The van der Waals surface area contributed by atoms with Gasteiger partial charge in [-0.3, -0.25) is 19.8 Å². The fraction of sp³-hybridized carbons (Fsp3) is 0.429. The normalized spacial score (nSPS) is 18.2. The lowest BCUT2D eigenvalue weighted by Crippen LogP contribution is -2.32. The third kappa shape index (κ3) is 10.1. The maximum absolute atomic E-state index is 14.0. The maximum atomic E-state index is 14.0. The van der Waals surface area contributed by atoms with Gasteiger partial charge in [-0.05, 0) is 118 Å². The molecule has 0 bridgehead atoms. The number of nitro benzene ring substituents is 1. The number of aromatic amines is 1. The Hall–Kier alpha value is -5.73. The molecule has 1 spiro atoms. The zero-order valence-electron chi connectivity index (χ0n) is 36.6. The quantitative estimate of drug-likeness (QED) is 0.0605. The van der Waals surface area contributed by atoms with Crippen molar-refractivity contribution >= 4 is 49.6 Å². The van der Waals surface area contributed by atoms with Crippen LogP contribution in [0.25, 0.3) is 16.6 Å². The number of carbonyl (C=O) groups is 1. The molecule has 332 valence electrons. The minimum atomic E-state index is -4.54. The van der Waals surface area contributed by atoms with Crippen molar-refractivity contribution in [3.8, 4) is 11.5 Å². The van der Waals surface area contributed by atoms with Gasteiger partial charge < -0.3 is 19.9 Å². The molecule has 1 aliphatic carbocycles. The molecule has 3 aliphatic rings. The molecule has 3 aromatic carbocycles. The minimum Gasteiger partial charge on any atom is -0.455 e. The summed E-state index contributed by atoms with van der Waals surface area (Å²) in [6.07, 6.45) is 14.2. The van der Waals surface area contributed by atoms with Crippen LogP contribution in [0.3, 0.4) is 0 Å². The van der Waals surface area contributed by atoms with Crippen LogP contribution in [0.1, 0.15) is 99.5 Å². The molecule has 2 aliphatic heterocycles. The first-order chi connectivity index (χ1) is 30.4. The number of aryl methyl sites for hydroxylation is 1. The van der Waals surface area contributed by atoms with Gasteiger partial charge in [0.05, 0.1) is 21.6 Å². The van der Waals surface area contributed by atoms with E-state index in [1.54, 1.807) is 36.2 Å². The summed E-state index contributed by atoms with van der Waals surface area (Å²) in [7, 11) is -4.54. The topological polar surface area (TPSA) is 163 Å². The highest BCUT2D eigenvalue weighted by Gasteiger charge is 2.44. The van der Waals surface area contributed by atoms with Crippen molar-refractivity contribution in [1.29, 1.82) is 0 Å². The SMILES string of the molecule is CCCC(CCC)CNc1ccc(S(=O)(=O)NC(=O)c2ccc(N3CCC4(CCN(CC5=C(c6ccc(C)cc6)CCCC5)C4)C3)cc2Oc2cnc3[nH]ccc3c2)cc1[N+](=O)[O-]. The molecule has 14 heteroatoms. The summed E-state index contributed by atoms with van der Waals surface area (Å²) >= 11 is 0. The van der Waals surface area contributed by atoms with Crippen LogP contribution in [-0.4, -0.2) is 73.4 Å². The maximum Gasteiger partial charge on any atom is 0.293 e. The number of nitrogens with one attached hydrogen (secondary N) is 3. The Bertz CT molecular complexity index is 2600. The summed E-state index contributed by atoms with van der Waals surface area (Å²) in [4.78, 5) is 37.7. The number of sulfonamides is 1.